The number of ether oxygens (including phenoxy) is 3. The van der Waals surface area contributed by atoms with Gasteiger partial charge in [0.1, 0.15) is 0 Å². The molecule has 0 atom stereocenters. The van der Waals surface area contributed by atoms with E-state index in [1.165, 1.54) is 63.9 Å². The van der Waals surface area contributed by atoms with Crippen LogP contribution in [-0.2, 0) is 10.0 Å². The molecule has 11 heteroatoms. The quantitative estimate of drug-likeness (QED) is 0.337. The van der Waals surface area contributed by atoms with E-state index in [4.69, 9.17) is 25.8 Å². The Balaban J connectivity index is 1.81. The Labute approximate surface area is 202 Å². The van der Waals surface area contributed by atoms with Gasteiger partial charge in [0.2, 0.25) is 5.75 Å². The van der Waals surface area contributed by atoms with Crippen molar-refractivity contribution in [1.82, 2.24) is 5.43 Å². The van der Waals surface area contributed by atoms with Crippen molar-refractivity contribution in [1.29, 1.82) is 0 Å². The van der Waals surface area contributed by atoms with Gasteiger partial charge in [-0.2, -0.15) is 5.10 Å². The fourth-order valence-corrected chi connectivity index (χ4v) is 4.24. The maximum absolute atomic E-state index is 12.7. The molecule has 3 aromatic carbocycles. The first-order chi connectivity index (χ1) is 16.3. The molecule has 1 amide bonds. The fourth-order valence-electron chi connectivity index (χ4n) is 3.03. The standard InChI is InChI=1S/C23H22ClN3O6S/c1-31-20-13-8-15(21(32-2)22(20)33-3)14-25-26-23(28)18-6-4-5-7-19(18)27-34(29,30)17-11-9-16(24)10-12-17/h4-14,27H,1-3H3,(H,26,28)/b25-14-. The lowest BCUT2D eigenvalue weighted by molar-refractivity contribution is 0.0956. The minimum absolute atomic E-state index is 0.00526. The third kappa shape index (κ3) is 5.59. The lowest BCUT2D eigenvalue weighted by atomic mass is 10.2. The molecule has 0 aliphatic carbocycles. The highest BCUT2D eigenvalue weighted by Crippen LogP contribution is 2.39. The molecule has 0 aliphatic rings. The van der Waals surface area contributed by atoms with Crippen LogP contribution in [0.15, 0.2) is 70.7 Å². The summed E-state index contributed by atoms with van der Waals surface area (Å²) in [5.74, 6) is 0.603. The van der Waals surface area contributed by atoms with E-state index in [0.29, 0.717) is 27.8 Å². The Hall–Kier alpha value is -3.76. The Kier molecular flexibility index (Phi) is 7.98. The van der Waals surface area contributed by atoms with Crippen LogP contribution in [0.25, 0.3) is 0 Å². The summed E-state index contributed by atoms with van der Waals surface area (Å²) in [4.78, 5) is 12.8. The molecule has 0 heterocycles. The smallest absolute Gasteiger partial charge is 0.273 e. The van der Waals surface area contributed by atoms with Crippen molar-refractivity contribution in [2.45, 2.75) is 4.90 Å². The molecule has 0 bridgehead atoms. The third-order valence-corrected chi connectivity index (χ3v) is 6.28. The van der Waals surface area contributed by atoms with E-state index in [1.807, 2.05) is 0 Å². The lowest BCUT2D eigenvalue weighted by Gasteiger charge is -2.14. The van der Waals surface area contributed by atoms with Crippen LogP contribution in [0.1, 0.15) is 15.9 Å². The molecule has 0 saturated heterocycles. The average Bonchev–Trinajstić information content (AvgIpc) is 2.83. The first kappa shape index (κ1) is 24.9. The number of hydrogen-bond donors (Lipinski definition) is 2. The second-order valence-electron chi connectivity index (χ2n) is 6.73. The molecule has 34 heavy (non-hydrogen) atoms. The molecule has 0 radical (unpaired) electrons. The molecule has 0 unspecified atom stereocenters. The zero-order valence-corrected chi connectivity index (χ0v) is 20.1. The zero-order valence-electron chi connectivity index (χ0n) is 18.5. The fraction of sp³-hybridized carbons (Fsp3) is 0.130. The Morgan fingerprint density at radius 3 is 2.24 bits per heavy atom. The summed E-state index contributed by atoms with van der Waals surface area (Å²) in [6.07, 6.45) is 1.37. The van der Waals surface area contributed by atoms with E-state index >= 15 is 0 Å². The van der Waals surface area contributed by atoms with Crippen LogP contribution in [0.2, 0.25) is 5.02 Å². The Bertz CT molecular complexity index is 1310. The van der Waals surface area contributed by atoms with Crippen LogP contribution >= 0.6 is 11.6 Å². The van der Waals surface area contributed by atoms with Crippen LogP contribution < -0.4 is 24.4 Å². The van der Waals surface area contributed by atoms with Crippen LogP contribution in [0.5, 0.6) is 17.2 Å². The number of hydrogen-bond acceptors (Lipinski definition) is 7. The van der Waals surface area contributed by atoms with E-state index in [-0.39, 0.29) is 16.1 Å². The van der Waals surface area contributed by atoms with Crippen LogP contribution in [0.3, 0.4) is 0 Å². The highest BCUT2D eigenvalue weighted by Gasteiger charge is 2.19. The number of methoxy groups -OCH3 is 3. The molecular weight excluding hydrogens is 482 g/mol. The normalized spacial score (nSPS) is 11.2. The van der Waals surface area contributed by atoms with Crippen molar-refractivity contribution in [3.8, 4) is 17.2 Å². The first-order valence-corrected chi connectivity index (χ1v) is 11.7. The Morgan fingerprint density at radius 1 is 0.912 bits per heavy atom. The highest BCUT2D eigenvalue weighted by atomic mass is 35.5. The van der Waals surface area contributed by atoms with Crippen molar-refractivity contribution in [2.24, 2.45) is 5.10 Å². The van der Waals surface area contributed by atoms with Gasteiger partial charge in [0.05, 0.1) is 43.7 Å². The molecule has 0 saturated carbocycles. The number of amides is 1. The van der Waals surface area contributed by atoms with E-state index in [2.05, 4.69) is 15.2 Å². The monoisotopic (exact) mass is 503 g/mol. The third-order valence-electron chi connectivity index (χ3n) is 4.64. The zero-order chi connectivity index (χ0) is 24.7. The predicted molar refractivity (Wildman–Crippen MR) is 130 cm³/mol. The second kappa shape index (κ2) is 10.9. The average molecular weight is 504 g/mol. The first-order valence-electron chi connectivity index (χ1n) is 9.80. The van der Waals surface area contributed by atoms with Gasteiger partial charge in [0.15, 0.2) is 11.5 Å². The molecule has 3 rings (SSSR count). The number of carbonyl (C=O) groups excluding carboxylic acids is 1. The number of nitrogens with one attached hydrogen (secondary N) is 2. The van der Waals surface area contributed by atoms with Gasteiger partial charge in [-0.25, -0.2) is 13.8 Å². The van der Waals surface area contributed by atoms with Crippen molar-refractivity contribution < 1.29 is 27.4 Å². The molecule has 9 nitrogen and oxygen atoms in total. The van der Waals surface area contributed by atoms with Gasteiger partial charge in [-0.1, -0.05) is 23.7 Å². The second-order valence-corrected chi connectivity index (χ2v) is 8.85. The van der Waals surface area contributed by atoms with Crippen LogP contribution in [0.4, 0.5) is 5.69 Å². The number of sulfonamides is 1. The number of para-hydroxylation sites is 1. The number of benzene rings is 3. The summed E-state index contributed by atoms with van der Waals surface area (Å²) in [7, 11) is 0.507. The van der Waals surface area contributed by atoms with E-state index in [9.17, 15) is 13.2 Å². The van der Waals surface area contributed by atoms with Gasteiger partial charge in [-0.15, -0.1) is 0 Å². The molecule has 3 aromatic rings. The molecule has 178 valence electrons. The van der Waals surface area contributed by atoms with E-state index in [0.717, 1.165) is 0 Å². The van der Waals surface area contributed by atoms with Gasteiger partial charge >= 0.3 is 0 Å². The van der Waals surface area contributed by atoms with Gasteiger partial charge < -0.3 is 14.2 Å². The largest absolute Gasteiger partial charge is 0.493 e. The van der Waals surface area contributed by atoms with E-state index in [1.54, 1.807) is 24.3 Å². The lowest BCUT2D eigenvalue weighted by Crippen LogP contribution is -2.21. The maximum atomic E-state index is 12.7. The number of carbonyl (C=O) groups is 1. The van der Waals surface area contributed by atoms with Gasteiger partial charge in [0.25, 0.3) is 15.9 Å². The number of halogens is 1. The summed E-state index contributed by atoms with van der Waals surface area (Å²) in [6, 6.07) is 15.2. The molecule has 2 N–H and O–H groups in total. The summed E-state index contributed by atoms with van der Waals surface area (Å²) < 4.78 is 43.8. The van der Waals surface area contributed by atoms with Gasteiger partial charge in [-0.3, -0.25) is 9.52 Å². The number of nitrogens with zero attached hydrogens (tertiary/aromatic N) is 1. The van der Waals surface area contributed by atoms with Gasteiger partial charge in [-0.05, 0) is 48.5 Å². The topological polar surface area (TPSA) is 115 Å². The summed E-state index contributed by atoms with van der Waals surface area (Å²) in [5, 5.41) is 4.38. The number of anilines is 1. The van der Waals surface area contributed by atoms with Crippen molar-refractivity contribution in [2.75, 3.05) is 26.1 Å². The minimum Gasteiger partial charge on any atom is -0.493 e. The molecule has 0 aliphatic heterocycles. The predicted octanol–water partition coefficient (Wildman–Crippen LogP) is 3.93. The van der Waals surface area contributed by atoms with E-state index < -0.39 is 15.9 Å². The molecule has 0 aromatic heterocycles. The van der Waals surface area contributed by atoms with Crippen LogP contribution in [0, 0.1) is 0 Å². The molecule has 0 fully saturated rings. The highest BCUT2D eigenvalue weighted by molar-refractivity contribution is 7.92. The van der Waals surface area contributed by atoms with Crippen molar-refractivity contribution >= 4 is 39.4 Å². The summed E-state index contributed by atoms with van der Waals surface area (Å²) in [5.41, 5.74) is 3.09. The molecular formula is C23H22ClN3O6S. The van der Waals surface area contributed by atoms with Crippen molar-refractivity contribution in [3.05, 3.63) is 76.8 Å². The number of hydrazone groups is 1. The van der Waals surface area contributed by atoms with Gasteiger partial charge in [0, 0.05) is 10.6 Å². The summed E-state index contributed by atoms with van der Waals surface area (Å²) >= 11 is 5.83. The number of rotatable bonds is 9. The minimum atomic E-state index is -3.94. The summed E-state index contributed by atoms with van der Waals surface area (Å²) in [6.45, 7) is 0. The van der Waals surface area contributed by atoms with Crippen LogP contribution in [-0.4, -0.2) is 41.9 Å². The SMILES string of the molecule is COc1ccc(/C=N\NC(=O)c2ccccc2NS(=O)(=O)c2ccc(Cl)cc2)c(OC)c1OC. The maximum Gasteiger partial charge on any atom is 0.273 e. The Morgan fingerprint density at radius 2 is 1.59 bits per heavy atom. The molecule has 0 spiro atoms. The van der Waals surface area contributed by atoms with Crippen molar-refractivity contribution in [3.63, 3.8) is 0 Å².